The summed E-state index contributed by atoms with van der Waals surface area (Å²) in [4.78, 5) is 24.1. The first-order valence-corrected chi connectivity index (χ1v) is 8.57. The highest BCUT2D eigenvalue weighted by Gasteiger charge is 2.62. The number of rotatable bonds is 0. The number of carbonyl (C=O) groups excluding carboxylic acids is 2. The summed E-state index contributed by atoms with van der Waals surface area (Å²) in [6.45, 7) is 8.43. The van der Waals surface area contributed by atoms with Gasteiger partial charge >= 0.3 is 0 Å². The summed E-state index contributed by atoms with van der Waals surface area (Å²) in [5.74, 6) is 0.397. The fourth-order valence-electron chi connectivity index (χ4n) is 5.84. The van der Waals surface area contributed by atoms with Crippen molar-refractivity contribution in [2.45, 2.75) is 45.7 Å². The maximum atomic E-state index is 14.2. The standard InChI is InChI=1S/C20H23FO2/c1-11-8-12-9-13(22)4-6-19(12,2)14-5-7-20(3)15(17(11)14)10-16(21)18(20)23/h4,6,9,14-17H,1,5,7-8,10H2,2-3H3/t14-,15-,16?,17+,19-,20-/m0/s1. The number of hydrogen-bond donors (Lipinski definition) is 0. The summed E-state index contributed by atoms with van der Waals surface area (Å²) in [6, 6.07) is 0. The summed E-state index contributed by atoms with van der Waals surface area (Å²) >= 11 is 0. The molecule has 3 fully saturated rings. The number of allylic oxidation sites excluding steroid dienone is 5. The minimum absolute atomic E-state index is 0.0456. The molecule has 0 N–H and O–H groups in total. The summed E-state index contributed by atoms with van der Waals surface area (Å²) in [5, 5.41) is 0. The molecule has 122 valence electrons. The zero-order valence-electron chi connectivity index (χ0n) is 13.8. The Bertz CT molecular complexity index is 688. The summed E-state index contributed by atoms with van der Waals surface area (Å²) < 4.78 is 14.2. The highest BCUT2D eigenvalue weighted by Crippen LogP contribution is 2.64. The molecule has 0 radical (unpaired) electrons. The number of hydrogen-bond acceptors (Lipinski definition) is 2. The molecule has 0 bridgehead atoms. The predicted octanol–water partition coefficient (Wildman–Crippen LogP) is 3.98. The van der Waals surface area contributed by atoms with Gasteiger partial charge in [-0.3, -0.25) is 9.59 Å². The molecule has 4 aliphatic rings. The minimum Gasteiger partial charge on any atom is -0.296 e. The summed E-state index contributed by atoms with van der Waals surface area (Å²) in [5.41, 5.74) is 1.54. The van der Waals surface area contributed by atoms with Crippen molar-refractivity contribution < 1.29 is 14.0 Å². The van der Waals surface area contributed by atoms with Crippen LogP contribution in [0.25, 0.3) is 0 Å². The Balaban J connectivity index is 1.78. The predicted molar refractivity (Wildman–Crippen MR) is 86.4 cm³/mol. The van der Waals surface area contributed by atoms with Crippen LogP contribution in [-0.2, 0) is 9.59 Å². The van der Waals surface area contributed by atoms with Crippen LogP contribution in [0.2, 0.25) is 0 Å². The quantitative estimate of drug-likeness (QED) is 0.634. The van der Waals surface area contributed by atoms with Gasteiger partial charge in [0.25, 0.3) is 0 Å². The van der Waals surface area contributed by atoms with Crippen molar-refractivity contribution in [1.82, 2.24) is 0 Å². The third-order valence-electron chi connectivity index (χ3n) is 7.23. The zero-order chi connectivity index (χ0) is 16.6. The molecule has 0 aromatic rings. The topological polar surface area (TPSA) is 34.1 Å². The molecule has 0 heterocycles. The van der Waals surface area contributed by atoms with Crippen LogP contribution in [0, 0.1) is 28.6 Å². The molecule has 3 saturated carbocycles. The van der Waals surface area contributed by atoms with Crippen LogP contribution in [0.3, 0.4) is 0 Å². The van der Waals surface area contributed by atoms with Crippen molar-refractivity contribution in [3.8, 4) is 0 Å². The number of Topliss-reactive ketones (excluding diaryl/α,β-unsaturated/α-hetero) is 1. The van der Waals surface area contributed by atoms with E-state index in [4.69, 9.17) is 0 Å². The summed E-state index contributed by atoms with van der Waals surface area (Å²) in [6.07, 6.45) is 6.83. The molecule has 0 amide bonds. The molecule has 4 rings (SSSR count). The highest BCUT2D eigenvalue weighted by molar-refractivity contribution is 6.01. The van der Waals surface area contributed by atoms with Crippen molar-refractivity contribution >= 4 is 11.6 Å². The fraction of sp³-hybridized carbons (Fsp3) is 0.600. The molecule has 0 saturated heterocycles. The largest absolute Gasteiger partial charge is 0.296 e. The van der Waals surface area contributed by atoms with Crippen LogP contribution in [-0.4, -0.2) is 17.7 Å². The van der Waals surface area contributed by atoms with Gasteiger partial charge in [0, 0.05) is 10.8 Å². The SMILES string of the molecule is C=C1CC2=CC(=O)C=C[C@]2(C)[C@H]2CC[C@]3(C)C(=O)C(F)C[C@H]3[C@H]12. The van der Waals surface area contributed by atoms with Crippen LogP contribution < -0.4 is 0 Å². The van der Waals surface area contributed by atoms with Gasteiger partial charge in [-0.25, -0.2) is 4.39 Å². The maximum absolute atomic E-state index is 14.2. The van der Waals surface area contributed by atoms with Gasteiger partial charge in [-0.1, -0.05) is 37.6 Å². The van der Waals surface area contributed by atoms with Crippen molar-refractivity contribution in [3.63, 3.8) is 0 Å². The monoisotopic (exact) mass is 314 g/mol. The first-order chi connectivity index (χ1) is 10.8. The van der Waals surface area contributed by atoms with Gasteiger partial charge in [0.2, 0.25) is 0 Å². The van der Waals surface area contributed by atoms with Crippen LogP contribution in [0.5, 0.6) is 0 Å². The average Bonchev–Trinajstić information content (AvgIpc) is 2.73. The lowest BCUT2D eigenvalue weighted by molar-refractivity contribution is -0.133. The van der Waals surface area contributed by atoms with Gasteiger partial charge in [0.1, 0.15) is 0 Å². The Morgan fingerprint density at radius 3 is 2.74 bits per heavy atom. The van der Waals surface area contributed by atoms with Gasteiger partial charge in [-0.15, -0.1) is 0 Å². The molecular formula is C20H23FO2. The molecule has 0 aromatic heterocycles. The second kappa shape index (κ2) is 4.52. The van der Waals surface area contributed by atoms with Gasteiger partial charge < -0.3 is 0 Å². The van der Waals surface area contributed by atoms with E-state index in [1.807, 2.05) is 13.0 Å². The molecule has 4 aliphatic carbocycles. The van der Waals surface area contributed by atoms with E-state index in [-0.39, 0.29) is 28.8 Å². The maximum Gasteiger partial charge on any atom is 0.178 e. The first-order valence-electron chi connectivity index (χ1n) is 8.57. The Labute approximate surface area is 136 Å². The number of carbonyl (C=O) groups is 2. The van der Waals surface area contributed by atoms with E-state index >= 15 is 0 Å². The molecule has 0 aromatic carbocycles. The molecule has 0 spiro atoms. The van der Waals surface area contributed by atoms with Gasteiger partial charge in [0.05, 0.1) is 0 Å². The van der Waals surface area contributed by atoms with Crippen LogP contribution >= 0.6 is 0 Å². The third-order valence-corrected chi connectivity index (χ3v) is 7.23. The molecule has 23 heavy (non-hydrogen) atoms. The minimum atomic E-state index is -1.32. The van der Waals surface area contributed by atoms with Gasteiger partial charge in [-0.2, -0.15) is 0 Å². The van der Waals surface area contributed by atoms with Crippen molar-refractivity contribution in [2.75, 3.05) is 0 Å². The van der Waals surface area contributed by atoms with Crippen LogP contribution in [0.15, 0.2) is 36.0 Å². The Kier molecular flexibility index (Phi) is 2.96. The number of halogens is 1. The lowest BCUT2D eigenvalue weighted by Gasteiger charge is -2.56. The van der Waals surface area contributed by atoms with E-state index in [1.54, 1.807) is 12.2 Å². The second-order valence-electron chi connectivity index (χ2n) is 8.29. The van der Waals surface area contributed by atoms with Crippen molar-refractivity contribution in [1.29, 1.82) is 0 Å². The van der Waals surface area contributed by atoms with Gasteiger partial charge in [-0.05, 0) is 55.6 Å². The molecule has 3 heteroatoms. The average molecular weight is 314 g/mol. The van der Waals surface area contributed by atoms with E-state index in [1.165, 1.54) is 0 Å². The lowest BCUT2D eigenvalue weighted by atomic mass is 9.47. The van der Waals surface area contributed by atoms with E-state index in [0.29, 0.717) is 18.8 Å². The fourth-order valence-corrected chi connectivity index (χ4v) is 5.84. The van der Waals surface area contributed by atoms with Crippen molar-refractivity contribution in [2.24, 2.45) is 28.6 Å². The zero-order valence-corrected chi connectivity index (χ0v) is 13.8. The molecule has 1 unspecified atom stereocenters. The number of ketones is 2. The molecule has 0 aliphatic heterocycles. The Hall–Kier alpha value is -1.51. The van der Waals surface area contributed by atoms with Gasteiger partial charge in [0.15, 0.2) is 17.7 Å². The lowest BCUT2D eigenvalue weighted by Crippen LogP contribution is -2.50. The smallest absolute Gasteiger partial charge is 0.178 e. The second-order valence-corrected chi connectivity index (χ2v) is 8.29. The summed E-state index contributed by atoms with van der Waals surface area (Å²) in [7, 11) is 0. The van der Waals surface area contributed by atoms with Crippen LogP contribution in [0.4, 0.5) is 4.39 Å². The Morgan fingerprint density at radius 2 is 2.00 bits per heavy atom. The van der Waals surface area contributed by atoms with E-state index in [2.05, 4.69) is 13.5 Å². The van der Waals surface area contributed by atoms with Crippen LogP contribution in [0.1, 0.15) is 39.5 Å². The number of alkyl halides is 1. The molecule has 2 nitrogen and oxygen atoms in total. The molecular weight excluding hydrogens is 291 g/mol. The Morgan fingerprint density at radius 1 is 1.26 bits per heavy atom. The third kappa shape index (κ3) is 1.79. The van der Waals surface area contributed by atoms with Crippen molar-refractivity contribution in [3.05, 3.63) is 36.0 Å². The highest BCUT2D eigenvalue weighted by atomic mass is 19.1. The van der Waals surface area contributed by atoms with E-state index in [0.717, 1.165) is 24.0 Å². The number of fused-ring (bicyclic) bond motifs is 5. The molecule has 6 atom stereocenters. The van der Waals surface area contributed by atoms with E-state index < -0.39 is 11.6 Å². The first kappa shape index (κ1) is 15.0. The van der Waals surface area contributed by atoms with E-state index in [9.17, 15) is 14.0 Å². The normalized spacial score (nSPS) is 48.7.